The fraction of sp³-hybridized carbons (Fsp3) is 0.488. The van der Waals surface area contributed by atoms with E-state index in [9.17, 15) is 14.3 Å². The van der Waals surface area contributed by atoms with Crippen LogP contribution in [0.3, 0.4) is 0 Å². The molecule has 8 heterocycles. The highest BCUT2D eigenvalue weighted by Crippen LogP contribution is 2.46. The predicted octanol–water partition coefficient (Wildman–Crippen LogP) is 6.82. The van der Waals surface area contributed by atoms with E-state index in [-0.39, 0.29) is 64.2 Å². The lowest BCUT2D eigenvalue weighted by Gasteiger charge is -2.48. The van der Waals surface area contributed by atoms with E-state index in [1.54, 1.807) is 0 Å². The zero-order chi connectivity index (χ0) is 39.2. The molecular weight excluding hydrogens is 738 g/mol. The predicted molar refractivity (Wildman–Crippen MR) is 206 cm³/mol. The van der Waals surface area contributed by atoms with E-state index in [1.807, 2.05) is 6.92 Å². The molecule has 0 aliphatic carbocycles. The topological polar surface area (TPSA) is 121 Å². The number of phenolic OH excluding ortho intramolecular Hbond substituents is 1. The number of piperazine rings is 1. The summed E-state index contributed by atoms with van der Waals surface area (Å²) in [4.78, 5) is 33.8. The minimum atomic E-state index is -0.955. The van der Waals surface area contributed by atoms with Gasteiger partial charge in [0, 0.05) is 55.0 Å². The largest absolute Gasteiger partial charge is 0.519 e. The number of aromatic hydroxyl groups is 1. The number of hydrogen-bond acceptors (Lipinski definition) is 11. The summed E-state index contributed by atoms with van der Waals surface area (Å²) >= 11 is 0. The molecule has 296 valence electrons. The first-order chi connectivity index (χ1) is 27.6. The van der Waals surface area contributed by atoms with Crippen molar-refractivity contribution in [1.29, 1.82) is 0 Å². The number of ether oxygens (including phenoxy) is 1. The number of pyridine rings is 1. The molecule has 14 heteroatoms. The molecule has 2 aromatic carbocycles. The van der Waals surface area contributed by atoms with E-state index in [1.165, 1.54) is 24.3 Å². The highest BCUT2D eigenvalue weighted by molar-refractivity contribution is 6.03. The summed E-state index contributed by atoms with van der Waals surface area (Å²) in [5.74, 6) is 1.84. The monoisotopic (exact) mass is 780 g/mol. The molecule has 0 radical (unpaired) electrons. The van der Waals surface area contributed by atoms with Crippen LogP contribution in [0, 0.1) is 24.0 Å². The van der Waals surface area contributed by atoms with Crippen molar-refractivity contribution < 1.29 is 31.8 Å². The van der Waals surface area contributed by atoms with Crippen molar-refractivity contribution in [2.24, 2.45) is 0 Å². The minimum Gasteiger partial charge on any atom is -0.508 e. The molecule has 1 N–H and O–H groups in total. The molecule has 11 nitrogen and oxygen atoms in total. The summed E-state index contributed by atoms with van der Waals surface area (Å²) < 4.78 is 64.9. The second kappa shape index (κ2) is 13.8. The van der Waals surface area contributed by atoms with Crippen LogP contribution in [0.4, 0.5) is 19.0 Å². The first kappa shape index (κ1) is 36.2. The zero-order valence-corrected chi connectivity index (χ0v) is 31.7. The first-order valence-electron chi connectivity index (χ1n) is 20.1. The van der Waals surface area contributed by atoms with Crippen molar-refractivity contribution >= 4 is 27.5 Å². The summed E-state index contributed by atoms with van der Waals surface area (Å²) in [6.07, 6.45) is 12.2. The number of hydrogen-bond donors (Lipinski definition) is 1. The van der Waals surface area contributed by atoms with Gasteiger partial charge in [0.15, 0.2) is 17.3 Å². The normalized spacial score (nSPS) is 25.8. The Morgan fingerprint density at radius 2 is 1.91 bits per heavy atom. The van der Waals surface area contributed by atoms with Crippen LogP contribution in [-0.4, -0.2) is 85.9 Å². The second-order valence-corrected chi connectivity index (χ2v) is 16.4. The van der Waals surface area contributed by atoms with Crippen molar-refractivity contribution in [3.8, 4) is 35.4 Å². The van der Waals surface area contributed by atoms with Crippen molar-refractivity contribution in [2.45, 2.75) is 108 Å². The van der Waals surface area contributed by atoms with Gasteiger partial charge in [-0.2, -0.15) is 9.97 Å². The summed E-state index contributed by atoms with van der Waals surface area (Å²) in [6.45, 7) is 4.36. The molecule has 0 spiro atoms. The Bertz CT molecular complexity index is 2540. The maximum atomic E-state index is 17.5. The maximum Gasteiger partial charge on any atom is 0.519 e. The molecule has 4 fully saturated rings. The third-order valence-electron chi connectivity index (χ3n) is 13.2. The average molecular weight is 781 g/mol. The van der Waals surface area contributed by atoms with Crippen LogP contribution < -0.4 is 15.5 Å². The lowest BCUT2D eigenvalue weighted by Crippen LogP contribution is -2.60. The molecule has 0 unspecified atom stereocenters. The van der Waals surface area contributed by atoms with Crippen LogP contribution in [0.5, 0.6) is 11.8 Å². The van der Waals surface area contributed by atoms with Gasteiger partial charge in [-0.05, 0) is 81.5 Å². The maximum absolute atomic E-state index is 17.5. The van der Waals surface area contributed by atoms with E-state index < -0.39 is 29.2 Å². The third-order valence-corrected chi connectivity index (χ3v) is 13.2. The number of aryl methyl sites for hydroxylation is 2. The Balaban J connectivity index is 1.12. The van der Waals surface area contributed by atoms with Crippen molar-refractivity contribution in [2.75, 3.05) is 31.1 Å². The molecule has 3 aromatic heterocycles. The Hall–Kier alpha value is -5.13. The quantitative estimate of drug-likeness (QED) is 0.167. The number of benzene rings is 2. The standard InChI is InChI=1S/C43H43F3N6O5/c1-3-7-33-34(57-42(54)56-33)21-51-25-11-13-32(51)31-9-5-8-30-36-39(37(46)38(47-30)28-17-26(53)16-23-10-12-29(45)27(4-2)35(23)28)48-41(49-40(36)52(31)20-25)55-22-43-14-6-15-50(43)19-24(44)18-43/h2,10,12,16-17,24-25,31-32,53H,3,5-9,11,13-15,18-22H2,1H3/t24-,25-,31-,32+,43+/m1/s1. The number of phenols is 1. The number of halogens is 3. The lowest BCUT2D eigenvalue weighted by molar-refractivity contribution is 0.106. The second-order valence-electron chi connectivity index (χ2n) is 16.4. The van der Waals surface area contributed by atoms with Gasteiger partial charge in [0.25, 0.3) is 0 Å². The number of fused-ring (bicyclic) bond motifs is 7. The molecule has 5 aromatic rings. The summed E-state index contributed by atoms with van der Waals surface area (Å²) in [5.41, 5.74) is 0.0661. The van der Waals surface area contributed by atoms with E-state index in [2.05, 4.69) is 20.6 Å². The van der Waals surface area contributed by atoms with Gasteiger partial charge >= 0.3 is 11.8 Å². The number of alkyl halides is 1. The fourth-order valence-electron chi connectivity index (χ4n) is 10.7. The SMILES string of the molecule is C#Cc1c(F)ccc2cc(O)cc(-c3nc4c5c(nc(OC[C@@]67CCCN6C[C@H](F)C7)nc5c3F)N3C[C@H]5CC[C@@H]([C@H]3CCC4)N5Cc3oc(=O)oc3CCC)c12. The van der Waals surface area contributed by atoms with E-state index >= 15 is 8.78 Å². The highest BCUT2D eigenvalue weighted by atomic mass is 19.1. The van der Waals surface area contributed by atoms with E-state index in [0.717, 1.165) is 51.5 Å². The number of terminal acetylenes is 1. The van der Waals surface area contributed by atoms with Crippen LogP contribution in [0.15, 0.2) is 37.9 Å². The molecule has 10 rings (SSSR count). The smallest absolute Gasteiger partial charge is 0.508 e. The molecule has 4 saturated heterocycles. The summed E-state index contributed by atoms with van der Waals surface area (Å²) in [5, 5.41) is 12.0. The van der Waals surface area contributed by atoms with E-state index in [4.69, 9.17) is 34.9 Å². The molecule has 57 heavy (non-hydrogen) atoms. The molecular formula is C43H43F3N6O5. The molecule has 2 bridgehead atoms. The van der Waals surface area contributed by atoms with Gasteiger partial charge in [0.1, 0.15) is 41.4 Å². The van der Waals surface area contributed by atoms with Gasteiger partial charge in [-0.15, -0.1) is 6.42 Å². The minimum absolute atomic E-state index is 0.000489. The molecule has 0 amide bonds. The molecule has 5 atom stereocenters. The van der Waals surface area contributed by atoms with Crippen LogP contribution >= 0.6 is 0 Å². The molecule has 0 saturated carbocycles. The van der Waals surface area contributed by atoms with Crippen molar-refractivity contribution in [3.63, 3.8) is 0 Å². The average Bonchev–Trinajstić information content (AvgIpc) is 3.91. The highest BCUT2D eigenvalue weighted by Gasteiger charge is 2.50. The number of rotatable bonds is 8. The zero-order valence-electron chi connectivity index (χ0n) is 31.7. The van der Waals surface area contributed by atoms with Gasteiger partial charge in [-0.1, -0.05) is 18.9 Å². The van der Waals surface area contributed by atoms with Crippen LogP contribution in [-0.2, 0) is 19.4 Å². The summed E-state index contributed by atoms with van der Waals surface area (Å²) in [6, 6.07) is 5.68. The first-order valence-corrected chi connectivity index (χ1v) is 20.1. The fourth-order valence-corrected chi connectivity index (χ4v) is 10.7. The third kappa shape index (κ3) is 5.87. The Morgan fingerprint density at radius 1 is 1.05 bits per heavy atom. The number of nitrogens with zero attached hydrogens (tertiary/aromatic N) is 6. The summed E-state index contributed by atoms with van der Waals surface area (Å²) in [7, 11) is 0. The van der Waals surface area contributed by atoms with Crippen LogP contribution in [0.1, 0.15) is 81.1 Å². The Labute approximate surface area is 326 Å². The van der Waals surface area contributed by atoms with Crippen molar-refractivity contribution in [3.05, 3.63) is 69.3 Å². The van der Waals surface area contributed by atoms with Crippen molar-refractivity contribution in [1.82, 2.24) is 24.8 Å². The van der Waals surface area contributed by atoms with Gasteiger partial charge in [0.05, 0.1) is 28.7 Å². The number of aromatic nitrogens is 3. The van der Waals surface area contributed by atoms with Crippen LogP contribution in [0.25, 0.3) is 32.9 Å². The Kier molecular flexibility index (Phi) is 8.75. The van der Waals surface area contributed by atoms with Gasteiger partial charge < -0.3 is 23.6 Å². The van der Waals surface area contributed by atoms with Gasteiger partial charge in [-0.3, -0.25) is 9.80 Å². The van der Waals surface area contributed by atoms with Crippen LogP contribution in [0.2, 0.25) is 0 Å². The van der Waals surface area contributed by atoms with Gasteiger partial charge in [0.2, 0.25) is 0 Å². The van der Waals surface area contributed by atoms with Gasteiger partial charge in [-0.25, -0.2) is 22.9 Å². The Morgan fingerprint density at radius 3 is 2.75 bits per heavy atom. The van der Waals surface area contributed by atoms with E-state index in [0.29, 0.717) is 72.7 Å². The lowest BCUT2D eigenvalue weighted by atomic mass is 9.92. The molecule has 5 aliphatic rings. The number of anilines is 1. The molecule has 5 aliphatic heterocycles.